The van der Waals surface area contributed by atoms with Crippen molar-refractivity contribution in [2.24, 2.45) is 4.99 Å². The Labute approximate surface area is 187 Å². The zero-order valence-corrected chi connectivity index (χ0v) is 19.6. The molecule has 2 aromatic rings. The number of carbonyl (C=O) groups excluding carboxylic acids is 1. The largest absolute Gasteiger partial charge is 0.334 e. The zero-order valence-electron chi connectivity index (χ0n) is 17.9. The molecule has 2 aromatic carbocycles. The number of fused-ring (bicyclic) bond motifs is 1. The molecule has 0 bridgehead atoms. The average Bonchev–Trinajstić information content (AvgIpc) is 3.26. The molecule has 0 radical (unpaired) electrons. The van der Waals surface area contributed by atoms with Crippen LogP contribution in [0.4, 0.5) is 11.4 Å². The Balaban J connectivity index is 1.76. The molecule has 0 saturated carbocycles. The molecular formula is C24H27N3OS2. The predicted molar refractivity (Wildman–Crippen MR) is 130 cm³/mol. The smallest absolute Gasteiger partial charge is 0.269 e. The van der Waals surface area contributed by atoms with Gasteiger partial charge in [-0.05, 0) is 68.3 Å². The van der Waals surface area contributed by atoms with Crippen molar-refractivity contribution < 1.29 is 4.79 Å². The van der Waals surface area contributed by atoms with Gasteiger partial charge in [0.2, 0.25) is 0 Å². The van der Waals surface area contributed by atoms with E-state index in [2.05, 4.69) is 75.1 Å². The summed E-state index contributed by atoms with van der Waals surface area (Å²) in [7, 11) is 0. The number of rotatable bonds is 5. The number of unbranched alkanes of at least 4 members (excludes halogenated alkanes) is 1. The molecule has 0 spiro atoms. The van der Waals surface area contributed by atoms with Gasteiger partial charge in [0.1, 0.15) is 9.93 Å². The van der Waals surface area contributed by atoms with Crippen LogP contribution in [0.25, 0.3) is 0 Å². The number of amides is 1. The Kier molecular flexibility index (Phi) is 6.25. The lowest BCUT2D eigenvalue weighted by Gasteiger charge is -2.19. The van der Waals surface area contributed by atoms with E-state index in [1.165, 1.54) is 27.9 Å². The van der Waals surface area contributed by atoms with E-state index >= 15 is 0 Å². The molecule has 0 unspecified atom stereocenters. The summed E-state index contributed by atoms with van der Waals surface area (Å²) in [5.74, 6) is 0.0752. The van der Waals surface area contributed by atoms with E-state index in [4.69, 9.17) is 4.99 Å². The van der Waals surface area contributed by atoms with E-state index in [1.807, 2.05) is 4.90 Å². The molecule has 4 nitrogen and oxygen atoms in total. The van der Waals surface area contributed by atoms with E-state index in [9.17, 15) is 4.79 Å². The molecule has 0 atom stereocenters. The molecule has 0 aliphatic carbocycles. The molecule has 1 amide bonds. The van der Waals surface area contributed by atoms with Gasteiger partial charge in [-0.2, -0.15) is 0 Å². The normalized spacial score (nSPS) is 19.9. The maximum absolute atomic E-state index is 13.5. The number of aryl methyl sites for hydroxylation is 2. The van der Waals surface area contributed by atoms with Crippen LogP contribution in [-0.2, 0) is 4.79 Å². The van der Waals surface area contributed by atoms with Crippen molar-refractivity contribution in [3.05, 3.63) is 63.5 Å². The standard InChI is InChI=1S/C24H27N3OS2/c1-5-7-14-27-22(28)21(23-26(6-2)19-10-8-9-11-20(19)29-23)30-24(27)25-18-15-16(3)12-13-17(18)4/h8-13,15H,5-7,14H2,1-4H3. The highest BCUT2D eigenvalue weighted by Crippen LogP contribution is 2.50. The first-order valence-electron chi connectivity index (χ1n) is 10.5. The molecule has 6 heteroatoms. The molecule has 2 heterocycles. The van der Waals surface area contributed by atoms with E-state index in [1.54, 1.807) is 11.8 Å². The van der Waals surface area contributed by atoms with Gasteiger partial charge in [-0.3, -0.25) is 9.69 Å². The van der Waals surface area contributed by atoms with E-state index in [0.29, 0.717) is 6.54 Å². The van der Waals surface area contributed by atoms with Crippen LogP contribution in [0.15, 0.2) is 62.3 Å². The topological polar surface area (TPSA) is 35.9 Å². The summed E-state index contributed by atoms with van der Waals surface area (Å²) in [6.07, 6.45) is 2.00. The summed E-state index contributed by atoms with van der Waals surface area (Å²) < 4.78 is 0. The van der Waals surface area contributed by atoms with Crippen molar-refractivity contribution in [2.45, 2.75) is 45.4 Å². The first-order chi connectivity index (χ1) is 14.5. The van der Waals surface area contributed by atoms with Crippen molar-refractivity contribution in [1.82, 2.24) is 4.90 Å². The van der Waals surface area contributed by atoms with Crippen molar-refractivity contribution in [3.8, 4) is 0 Å². The van der Waals surface area contributed by atoms with Crippen LogP contribution in [0.2, 0.25) is 0 Å². The van der Waals surface area contributed by atoms with Gasteiger partial charge in [0.25, 0.3) is 5.91 Å². The highest BCUT2D eigenvalue weighted by molar-refractivity contribution is 8.19. The number of nitrogens with zero attached hydrogens (tertiary/aromatic N) is 3. The summed E-state index contributed by atoms with van der Waals surface area (Å²) in [5, 5.41) is 1.82. The van der Waals surface area contributed by atoms with Crippen LogP contribution in [0.5, 0.6) is 0 Å². The Morgan fingerprint density at radius 2 is 1.80 bits per heavy atom. The quantitative estimate of drug-likeness (QED) is 0.502. The number of thioether (sulfide) groups is 2. The van der Waals surface area contributed by atoms with Gasteiger partial charge in [0.05, 0.1) is 11.4 Å². The first-order valence-corrected chi connectivity index (χ1v) is 12.1. The summed E-state index contributed by atoms with van der Waals surface area (Å²) >= 11 is 3.21. The fourth-order valence-electron chi connectivity index (χ4n) is 3.59. The molecule has 2 aliphatic heterocycles. The lowest BCUT2D eigenvalue weighted by Crippen LogP contribution is -2.30. The summed E-state index contributed by atoms with van der Waals surface area (Å²) in [6, 6.07) is 14.6. The lowest BCUT2D eigenvalue weighted by atomic mass is 10.1. The number of aliphatic imine (C=N–C) groups is 1. The number of benzene rings is 2. The molecule has 0 aromatic heterocycles. The minimum Gasteiger partial charge on any atom is -0.334 e. The first kappa shape index (κ1) is 21.1. The number of amidine groups is 1. The Morgan fingerprint density at radius 1 is 1.00 bits per heavy atom. The minimum atomic E-state index is 0.0752. The molecular weight excluding hydrogens is 410 g/mol. The van der Waals surface area contributed by atoms with Gasteiger partial charge in [0, 0.05) is 18.0 Å². The maximum atomic E-state index is 13.5. The van der Waals surface area contributed by atoms with Gasteiger partial charge in [-0.25, -0.2) is 4.99 Å². The maximum Gasteiger partial charge on any atom is 0.269 e. The van der Waals surface area contributed by atoms with E-state index in [0.717, 1.165) is 45.7 Å². The molecule has 1 fully saturated rings. The summed E-state index contributed by atoms with van der Waals surface area (Å²) in [4.78, 5) is 24.6. The second-order valence-corrected chi connectivity index (χ2v) is 9.55. The van der Waals surface area contributed by atoms with Gasteiger partial charge < -0.3 is 4.90 Å². The third kappa shape index (κ3) is 3.91. The monoisotopic (exact) mass is 437 g/mol. The molecule has 0 N–H and O–H groups in total. The number of hydrogen-bond donors (Lipinski definition) is 0. The third-order valence-corrected chi connectivity index (χ3v) is 7.68. The summed E-state index contributed by atoms with van der Waals surface area (Å²) in [5.41, 5.74) is 4.41. The van der Waals surface area contributed by atoms with Crippen LogP contribution >= 0.6 is 23.5 Å². The van der Waals surface area contributed by atoms with Gasteiger partial charge in [0.15, 0.2) is 5.17 Å². The molecule has 2 aliphatic rings. The second-order valence-electron chi connectivity index (χ2n) is 7.55. The second kappa shape index (κ2) is 8.90. The Morgan fingerprint density at radius 3 is 2.57 bits per heavy atom. The number of para-hydroxylation sites is 1. The van der Waals surface area contributed by atoms with Gasteiger partial charge >= 0.3 is 0 Å². The molecule has 30 heavy (non-hydrogen) atoms. The van der Waals surface area contributed by atoms with E-state index < -0.39 is 0 Å². The molecule has 156 valence electrons. The average molecular weight is 438 g/mol. The predicted octanol–water partition coefficient (Wildman–Crippen LogP) is 6.47. The van der Waals surface area contributed by atoms with Crippen LogP contribution in [0.1, 0.15) is 37.8 Å². The van der Waals surface area contributed by atoms with Crippen LogP contribution in [0.3, 0.4) is 0 Å². The zero-order chi connectivity index (χ0) is 21.3. The molecule has 4 rings (SSSR count). The van der Waals surface area contributed by atoms with Gasteiger partial charge in [-0.15, -0.1) is 0 Å². The highest BCUT2D eigenvalue weighted by atomic mass is 32.2. The van der Waals surface area contributed by atoms with Crippen molar-refractivity contribution in [1.29, 1.82) is 0 Å². The SMILES string of the molecule is CCCCN1C(=O)C(=C2Sc3ccccc3N2CC)SC1=Nc1cc(C)ccc1C. The van der Waals surface area contributed by atoms with Crippen LogP contribution < -0.4 is 4.90 Å². The van der Waals surface area contributed by atoms with Crippen LogP contribution in [0, 0.1) is 13.8 Å². The van der Waals surface area contributed by atoms with Crippen molar-refractivity contribution in [3.63, 3.8) is 0 Å². The van der Waals surface area contributed by atoms with Crippen molar-refractivity contribution in [2.75, 3.05) is 18.0 Å². The highest BCUT2D eigenvalue weighted by Gasteiger charge is 2.39. The number of hydrogen-bond acceptors (Lipinski definition) is 5. The van der Waals surface area contributed by atoms with Crippen molar-refractivity contribution >= 4 is 46.0 Å². The Hall–Kier alpha value is -2.18. The number of anilines is 1. The number of carbonyl (C=O) groups is 1. The Bertz CT molecular complexity index is 1040. The molecule has 1 saturated heterocycles. The van der Waals surface area contributed by atoms with Crippen LogP contribution in [-0.4, -0.2) is 29.1 Å². The van der Waals surface area contributed by atoms with E-state index in [-0.39, 0.29) is 5.91 Å². The minimum absolute atomic E-state index is 0.0752. The fraction of sp³-hybridized carbons (Fsp3) is 0.333. The third-order valence-electron chi connectivity index (χ3n) is 5.30. The fourth-order valence-corrected chi connectivity index (χ4v) is 6.00. The summed E-state index contributed by atoms with van der Waals surface area (Å²) in [6.45, 7) is 9.95. The lowest BCUT2D eigenvalue weighted by molar-refractivity contribution is -0.122. The van der Waals surface area contributed by atoms with Gasteiger partial charge in [-0.1, -0.05) is 49.4 Å².